The summed E-state index contributed by atoms with van der Waals surface area (Å²) in [6, 6.07) is 14.0. The zero-order chi connectivity index (χ0) is 25.7. The van der Waals surface area contributed by atoms with Gasteiger partial charge in [0.1, 0.15) is 29.7 Å². The molecule has 3 aromatic rings. The molecule has 2 aromatic carbocycles. The molecule has 36 heavy (non-hydrogen) atoms. The topological polar surface area (TPSA) is 78.2 Å². The molecule has 1 aliphatic rings. The lowest BCUT2D eigenvalue weighted by Gasteiger charge is -2.34. The lowest BCUT2D eigenvalue weighted by atomic mass is 9.93. The number of carbonyl (C=O) groups is 2. The van der Waals surface area contributed by atoms with Gasteiger partial charge in [0, 0.05) is 24.0 Å². The molecule has 1 heterocycles. The number of aryl methyl sites for hydroxylation is 1. The van der Waals surface area contributed by atoms with Gasteiger partial charge in [0.25, 0.3) is 0 Å². The van der Waals surface area contributed by atoms with E-state index >= 15 is 0 Å². The normalized spacial score (nSPS) is 14.8. The Morgan fingerprint density at radius 2 is 1.75 bits per heavy atom. The average Bonchev–Trinajstić information content (AvgIpc) is 2.85. The van der Waals surface area contributed by atoms with Crippen molar-refractivity contribution < 1.29 is 18.4 Å². The number of amides is 2. The predicted molar refractivity (Wildman–Crippen MR) is 133 cm³/mol. The van der Waals surface area contributed by atoms with Gasteiger partial charge in [-0.3, -0.25) is 19.9 Å². The maximum absolute atomic E-state index is 14.3. The van der Waals surface area contributed by atoms with Crippen LogP contribution in [0.5, 0.6) is 0 Å². The van der Waals surface area contributed by atoms with Crippen LogP contribution in [0.1, 0.15) is 49.3 Å². The van der Waals surface area contributed by atoms with E-state index in [9.17, 15) is 18.4 Å². The van der Waals surface area contributed by atoms with Crippen molar-refractivity contribution in [3.05, 3.63) is 95.1 Å². The minimum atomic E-state index is -1.06. The van der Waals surface area contributed by atoms with Crippen LogP contribution in [0.2, 0.25) is 0 Å². The Bertz CT molecular complexity index is 1300. The van der Waals surface area contributed by atoms with E-state index in [1.165, 1.54) is 33.9 Å². The first-order chi connectivity index (χ1) is 17.3. The Labute approximate surface area is 209 Å². The largest absolute Gasteiger partial charge is 0.351 e. The van der Waals surface area contributed by atoms with Crippen molar-refractivity contribution in [2.24, 2.45) is 0 Å². The molecule has 2 N–H and O–H groups in total. The summed E-state index contributed by atoms with van der Waals surface area (Å²) in [6.45, 7) is 1.54. The summed E-state index contributed by atoms with van der Waals surface area (Å²) < 4.78 is 29.2. The number of hydrogen-bond donors (Lipinski definition) is 2. The Morgan fingerprint density at radius 1 is 1.03 bits per heavy atom. The Hall–Kier alpha value is -3.81. The van der Waals surface area contributed by atoms with Crippen LogP contribution in [0.4, 0.5) is 14.5 Å². The Kier molecular flexibility index (Phi) is 7.93. The molecule has 2 amide bonds. The summed E-state index contributed by atoms with van der Waals surface area (Å²) in [4.78, 5) is 28.9. The quantitative estimate of drug-likeness (QED) is 0.498. The third kappa shape index (κ3) is 5.87. The van der Waals surface area contributed by atoms with Crippen LogP contribution in [-0.4, -0.2) is 22.4 Å². The van der Waals surface area contributed by atoms with E-state index in [0.29, 0.717) is 5.56 Å². The van der Waals surface area contributed by atoms with Crippen LogP contribution in [0.15, 0.2) is 66.9 Å². The van der Waals surface area contributed by atoms with E-state index in [0.717, 1.165) is 49.8 Å². The summed E-state index contributed by atoms with van der Waals surface area (Å²) in [7, 11) is 0. The fourth-order valence-electron chi connectivity index (χ4n) is 4.74. The number of pyridine rings is 1. The molecule has 188 valence electrons. The lowest BCUT2D eigenvalue weighted by molar-refractivity contribution is -0.127. The molecule has 1 aromatic heterocycles. The molecule has 6 nitrogen and oxygen atoms in total. The zero-order valence-corrected chi connectivity index (χ0v) is 20.2. The van der Waals surface area contributed by atoms with Crippen molar-refractivity contribution in [3.8, 4) is 0 Å². The van der Waals surface area contributed by atoms with Crippen LogP contribution < -0.4 is 15.7 Å². The van der Waals surface area contributed by atoms with Crippen molar-refractivity contribution in [3.63, 3.8) is 0 Å². The summed E-state index contributed by atoms with van der Waals surface area (Å²) in [6.07, 6.45) is 6.23. The van der Waals surface area contributed by atoms with Crippen LogP contribution in [0, 0.1) is 24.0 Å². The summed E-state index contributed by atoms with van der Waals surface area (Å²) >= 11 is 0. The monoisotopic (exact) mass is 492 g/mol. The molecule has 0 aliphatic heterocycles. The molecular weight excluding hydrogens is 462 g/mol. The van der Waals surface area contributed by atoms with Crippen LogP contribution in [0.25, 0.3) is 0 Å². The van der Waals surface area contributed by atoms with Gasteiger partial charge >= 0.3 is 0 Å². The summed E-state index contributed by atoms with van der Waals surface area (Å²) in [5, 5.41) is 11.2. The van der Waals surface area contributed by atoms with E-state index in [1.807, 2.05) is 19.1 Å². The highest BCUT2D eigenvalue weighted by molar-refractivity contribution is 6.01. The number of nitrogens with one attached hydrogen (secondary N) is 2. The first-order valence-electron chi connectivity index (χ1n) is 12.2. The lowest BCUT2D eigenvalue weighted by Crippen LogP contribution is -2.48. The molecule has 1 saturated carbocycles. The van der Waals surface area contributed by atoms with Crippen molar-refractivity contribution in [2.75, 3.05) is 4.90 Å². The predicted octanol–water partition coefficient (Wildman–Crippen LogP) is 4.78. The number of carbonyl (C=O) groups excluding carboxylic acids is 2. The Balaban J connectivity index is 1.79. The van der Waals surface area contributed by atoms with Gasteiger partial charge in [0.15, 0.2) is 0 Å². The third-order valence-corrected chi connectivity index (χ3v) is 6.60. The minimum absolute atomic E-state index is 0.00791. The SMILES string of the molecule is Cc1ccccc1C(C(=O)NC1CCCCC1)N(C(=O)Cn1ccc(F)cc1=N)c1cccc(F)c1. The average molecular weight is 493 g/mol. The molecule has 0 saturated heterocycles. The van der Waals surface area contributed by atoms with Gasteiger partial charge in [-0.25, -0.2) is 8.78 Å². The molecule has 1 atom stereocenters. The maximum atomic E-state index is 14.3. The van der Waals surface area contributed by atoms with Gasteiger partial charge in [-0.05, 0) is 55.2 Å². The fraction of sp³-hybridized carbons (Fsp3) is 0.321. The van der Waals surface area contributed by atoms with E-state index < -0.39 is 23.6 Å². The van der Waals surface area contributed by atoms with Crippen molar-refractivity contribution in [2.45, 2.75) is 57.7 Å². The van der Waals surface area contributed by atoms with Gasteiger partial charge in [-0.1, -0.05) is 49.6 Å². The Morgan fingerprint density at radius 3 is 2.44 bits per heavy atom. The number of aromatic nitrogens is 1. The van der Waals surface area contributed by atoms with Crippen molar-refractivity contribution in [1.29, 1.82) is 5.41 Å². The molecule has 8 heteroatoms. The van der Waals surface area contributed by atoms with Crippen molar-refractivity contribution in [1.82, 2.24) is 9.88 Å². The van der Waals surface area contributed by atoms with Gasteiger partial charge < -0.3 is 9.88 Å². The van der Waals surface area contributed by atoms with Gasteiger partial charge in [-0.15, -0.1) is 0 Å². The fourth-order valence-corrected chi connectivity index (χ4v) is 4.74. The summed E-state index contributed by atoms with van der Waals surface area (Å²) in [5.41, 5.74) is 1.47. The standard InChI is InChI=1S/C28H30F2N4O2/c1-19-8-5-6-13-24(19)27(28(36)32-22-10-3-2-4-11-22)34(23-12-7-9-20(29)16-23)26(35)18-33-15-14-21(30)17-25(33)31/h5-9,12-17,22,27,31H,2-4,10-11,18H2,1H3,(H,32,36). The second kappa shape index (κ2) is 11.3. The van der Waals surface area contributed by atoms with E-state index in [2.05, 4.69) is 5.32 Å². The second-order valence-electron chi connectivity index (χ2n) is 9.20. The number of halogens is 2. The molecule has 0 spiro atoms. The highest BCUT2D eigenvalue weighted by atomic mass is 19.1. The van der Waals surface area contributed by atoms with Gasteiger partial charge in [0.05, 0.1) is 0 Å². The number of rotatable bonds is 7. The zero-order valence-electron chi connectivity index (χ0n) is 20.2. The smallest absolute Gasteiger partial charge is 0.248 e. The summed E-state index contributed by atoms with van der Waals surface area (Å²) in [5.74, 6) is -2.01. The number of nitrogens with zero attached hydrogens (tertiary/aromatic N) is 2. The van der Waals surface area contributed by atoms with E-state index in [1.54, 1.807) is 18.2 Å². The molecule has 0 radical (unpaired) electrons. The second-order valence-corrected chi connectivity index (χ2v) is 9.20. The first-order valence-corrected chi connectivity index (χ1v) is 12.2. The minimum Gasteiger partial charge on any atom is -0.351 e. The van der Waals surface area contributed by atoms with Gasteiger partial charge in [0.2, 0.25) is 11.8 Å². The maximum Gasteiger partial charge on any atom is 0.248 e. The van der Waals surface area contributed by atoms with Crippen LogP contribution in [-0.2, 0) is 16.1 Å². The first kappa shape index (κ1) is 25.3. The number of benzene rings is 2. The molecule has 1 fully saturated rings. The molecule has 1 aliphatic carbocycles. The number of hydrogen-bond acceptors (Lipinski definition) is 3. The highest BCUT2D eigenvalue weighted by Crippen LogP contribution is 2.31. The highest BCUT2D eigenvalue weighted by Gasteiger charge is 2.35. The van der Waals surface area contributed by atoms with Crippen LogP contribution >= 0.6 is 0 Å². The van der Waals surface area contributed by atoms with E-state index in [4.69, 9.17) is 5.41 Å². The van der Waals surface area contributed by atoms with Crippen LogP contribution in [0.3, 0.4) is 0 Å². The van der Waals surface area contributed by atoms with Crippen molar-refractivity contribution >= 4 is 17.5 Å². The molecule has 0 bridgehead atoms. The van der Waals surface area contributed by atoms with E-state index in [-0.39, 0.29) is 29.7 Å². The number of anilines is 1. The molecular formula is C28H30F2N4O2. The third-order valence-electron chi connectivity index (χ3n) is 6.60. The van der Waals surface area contributed by atoms with Gasteiger partial charge in [-0.2, -0.15) is 0 Å². The molecule has 4 rings (SSSR count). The molecule has 1 unspecified atom stereocenters.